The van der Waals surface area contributed by atoms with Crippen LogP contribution in [0.3, 0.4) is 0 Å². The van der Waals surface area contributed by atoms with Crippen LogP contribution in [0.1, 0.15) is 36.2 Å². The molecule has 1 aliphatic carbocycles. The predicted octanol–water partition coefficient (Wildman–Crippen LogP) is 3.46. The third kappa shape index (κ3) is 2.57. The number of nitrogens with one attached hydrogen (secondary N) is 1. The molecule has 1 aromatic heterocycles. The normalized spacial score (nSPS) is 16.3. The average molecular weight is 266 g/mol. The first-order valence-corrected chi connectivity index (χ1v) is 7.05. The molecule has 0 bridgehead atoms. The van der Waals surface area contributed by atoms with Crippen molar-refractivity contribution in [1.82, 2.24) is 10.3 Å². The van der Waals surface area contributed by atoms with Crippen molar-refractivity contribution in [3.8, 4) is 0 Å². The van der Waals surface area contributed by atoms with E-state index in [-0.39, 0.29) is 11.9 Å². The van der Waals surface area contributed by atoms with Gasteiger partial charge in [0.2, 0.25) is 0 Å². The molecule has 3 heteroatoms. The van der Waals surface area contributed by atoms with Gasteiger partial charge in [-0.15, -0.1) is 0 Å². The molecule has 0 radical (unpaired) electrons. The lowest BCUT2D eigenvalue weighted by atomic mass is 9.92. The number of fused-ring (bicyclic) bond motifs is 1. The predicted molar refractivity (Wildman–Crippen MR) is 80.6 cm³/mol. The van der Waals surface area contributed by atoms with E-state index in [2.05, 4.69) is 16.9 Å². The Hall–Kier alpha value is -2.16. The van der Waals surface area contributed by atoms with E-state index in [0.717, 1.165) is 36.5 Å². The van der Waals surface area contributed by atoms with E-state index >= 15 is 0 Å². The smallest absolute Gasteiger partial charge is 0.270 e. The van der Waals surface area contributed by atoms with Crippen molar-refractivity contribution < 1.29 is 4.79 Å². The lowest BCUT2D eigenvalue weighted by Gasteiger charge is -2.24. The Morgan fingerprint density at radius 2 is 1.95 bits per heavy atom. The summed E-state index contributed by atoms with van der Waals surface area (Å²) in [6.07, 6.45) is 5.67. The van der Waals surface area contributed by atoms with E-state index in [0.29, 0.717) is 5.69 Å². The van der Waals surface area contributed by atoms with Gasteiger partial charge in [0.25, 0.3) is 5.91 Å². The van der Waals surface area contributed by atoms with E-state index < -0.39 is 0 Å². The van der Waals surface area contributed by atoms with Crippen molar-refractivity contribution in [3.63, 3.8) is 0 Å². The number of benzene rings is 1. The first kappa shape index (κ1) is 12.9. The fourth-order valence-corrected chi connectivity index (χ4v) is 2.72. The quantitative estimate of drug-likeness (QED) is 0.846. The van der Waals surface area contributed by atoms with Crippen LogP contribution >= 0.6 is 0 Å². The minimum atomic E-state index is -0.0701. The summed E-state index contributed by atoms with van der Waals surface area (Å²) < 4.78 is 0. The highest BCUT2D eigenvalue weighted by Gasteiger charge is 2.19. The molecular weight excluding hydrogens is 248 g/mol. The Kier molecular flexibility index (Phi) is 3.50. The number of nitrogens with zero attached hydrogens (tertiary/aromatic N) is 1. The monoisotopic (exact) mass is 266 g/mol. The van der Waals surface area contributed by atoms with Crippen LogP contribution in [-0.2, 0) is 0 Å². The second kappa shape index (κ2) is 5.45. The molecule has 1 aliphatic rings. The number of aromatic nitrogens is 1. The van der Waals surface area contributed by atoms with Gasteiger partial charge in [-0.2, -0.15) is 0 Å². The van der Waals surface area contributed by atoms with Crippen molar-refractivity contribution in [1.29, 1.82) is 0 Å². The number of amides is 1. The van der Waals surface area contributed by atoms with Gasteiger partial charge in [-0.1, -0.05) is 36.4 Å². The zero-order chi connectivity index (χ0) is 13.9. The SMILES string of the molecule is C=C1CCC(NC(=O)c2nccc3ccccc23)CC1. The molecule has 1 fully saturated rings. The summed E-state index contributed by atoms with van der Waals surface area (Å²) in [5.74, 6) is -0.0701. The lowest BCUT2D eigenvalue weighted by Crippen LogP contribution is -2.36. The van der Waals surface area contributed by atoms with Gasteiger partial charge in [0, 0.05) is 17.6 Å². The summed E-state index contributed by atoms with van der Waals surface area (Å²) >= 11 is 0. The first-order chi connectivity index (χ1) is 9.74. The van der Waals surface area contributed by atoms with E-state index in [1.54, 1.807) is 6.20 Å². The average Bonchev–Trinajstić information content (AvgIpc) is 2.49. The number of rotatable bonds is 2. The Morgan fingerprint density at radius 3 is 2.75 bits per heavy atom. The molecule has 2 aromatic rings. The highest BCUT2D eigenvalue weighted by atomic mass is 16.1. The van der Waals surface area contributed by atoms with Gasteiger partial charge in [-0.3, -0.25) is 9.78 Å². The van der Waals surface area contributed by atoms with E-state index in [1.165, 1.54) is 5.57 Å². The maximum atomic E-state index is 12.4. The fourth-order valence-electron chi connectivity index (χ4n) is 2.72. The van der Waals surface area contributed by atoms with Gasteiger partial charge in [-0.25, -0.2) is 0 Å². The second-order valence-corrected chi connectivity index (χ2v) is 5.38. The number of carbonyl (C=O) groups excluding carboxylic acids is 1. The molecule has 3 rings (SSSR count). The van der Waals surface area contributed by atoms with E-state index in [4.69, 9.17) is 0 Å². The van der Waals surface area contributed by atoms with Crippen molar-refractivity contribution in [2.24, 2.45) is 0 Å². The number of allylic oxidation sites excluding steroid dienone is 1. The Bertz CT molecular complexity index is 648. The Labute approximate surface area is 118 Å². The van der Waals surface area contributed by atoms with Gasteiger partial charge in [0.1, 0.15) is 5.69 Å². The lowest BCUT2D eigenvalue weighted by molar-refractivity contribution is 0.0927. The Balaban J connectivity index is 1.80. The maximum absolute atomic E-state index is 12.4. The number of pyridine rings is 1. The molecule has 0 atom stereocenters. The zero-order valence-corrected chi connectivity index (χ0v) is 11.4. The summed E-state index contributed by atoms with van der Waals surface area (Å²) in [6, 6.07) is 10.0. The number of hydrogen-bond donors (Lipinski definition) is 1. The summed E-state index contributed by atoms with van der Waals surface area (Å²) in [5, 5.41) is 5.06. The molecule has 1 amide bonds. The minimum absolute atomic E-state index is 0.0701. The summed E-state index contributed by atoms with van der Waals surface area (Å²) in [7, 11) is 0. The fraction of sp³-hybridized carbons (Fsp3) is 0.294. The second-order valence-electron chi connectivity index (χ2n) is 5.38. The molecule has 0 spiro atoms. The number of hydrogen-bond acceptors (Lipinski definition) is 2. The molecule has 20 heavy (non-hydrogen) atoms. The molecule has 0 unspecified atom stereocenters. The Morgan fingerprint density at radius 1 is 1.20 bits per heavy atom. The largest absolute Gasteiger partial charge is 0.348 e. The summed E-state index contributed by atoms with van der Waals surface area (Å²) in [6.45, 7) is 4.00. The van der Waals surface area contributed by atoms with E-state index in [9.17, 15) is 4.79 Å². The van der Waals surface area contributed by atoms with Crippen LogP contribution in [0.4, 0.5) is 0 Å². The van der Waals surface area contributed by atoms with Crippen molar-refractivity contribution in [3.05, 3.63) is 54.4 Å². The van der Waals surface area contributed by atoms with Gasteiger partial charge < -0.3 is 5.32 Å². The van der Waals surface area contributed by atoms with Gasteiger partial charge in [-0.05, 0) is 37.1 Å². The topological polar surface area (TPSA) is 42.0 Å². The van der Waals surface area contributed by atoms with Crippen LogP contribution in [0, 0.1) is 0 Å². The van der Waals surface area contributed by atoms with Gasteiger partial charge in [0.15, 0.2) is 0 Å². The molecule has 3 nitrogen and oxygen atoms in total. The summed E-state index contributed by atoms with van der Waals surface area (Å²) in [5.41, 5.74) is 1.81. The van der Waals surface area contributed by atoms with E-state index in [1.807, 2.05) is 30.3 Å². The van der Waals surface area contributed by atoms with Crippen LogP contribution in [0.5, 0.6) is 0 Å². The first-order valence-electron chi connectivity index (χ1n) is 7.05. The minimum Gasteiger partial charge on any atom is -0.348 e. The third-order valence-electron chi connectivity index (χ3n) is 3.92. The van der Waals surface area contributed by atoms with Crippen LogP contribution in [0.15, 0.2) is 48.7 Å². The van der Waals surface area contributed by atoms with Crippen molar-refractivity contribution in [2.45, 2.75) is 31.7 Å². The molecule has 1 N–H and O–H groups in total. The molecule has 1 aromatic carbocycles. The van der Waals surface area contributed by atoms with Crippen molar-refractivity contribution in [2.75, 3.05) is 0 Å². The van der Waals surface area contributed by atoms with Gasteiger partial charge >= 0.3 is 0 Å². The highest BCUT2D eigenvalue weighted by Crippen LogP contribution is 2.22. The van der Waals surface area contributed by atoms with Crippen LogP contribution in [0.25, 0.3) is 10.8 Å². The molecule has 1 saturated carbocycles. The number of carbonyl (C=O) groups is 1. The molecule has 0 saturated heterocycles. The summed E-state index contributed by atoms with van der Waals surface area (Å²) in [4.78, 5) is 16.7. The highest BCUT2D eigenvalue weighted by molar-refractivity contribution is 6.05. The zero-order valence-electron chi connectivity index (χ0n) is 11.4. The molecule has 102 valence electrons. The molecule has 0 aliphatic heterocycles. The van der Waals surface area contributed by atoms with Crippen molar-refractivity contribution >= 4 is 16.7 Å². The molecular formula is C17H18N2O. The van der Waals surface area contributed by atoms with Gasteiger partial charge in [0.05, 0.1) is 0 Å². The third-order valence-corrected chi connectivity index (χ3v) is 3.92. The van der Waals surface area contributed by atoms with Crippen LogP contribution in [-0.4, -0.2) is 16.9 Å². The van der Waals surface area contributed by atoms with Crippen LogP contribution < -0.4 is 5.32 Å². The van der Waals surface area contributed by atoms with Crippen LogP contribution in [0.2, 0.25) is 0 Å². The maximum Gasteiger partial charge on any atom is 0.270 e. The standard InChI is InChI=1S/C17H18N2O/c1-12-6-8-14(9-7-12)19-17(20)16-15-5-3-2-4-13(15)10-11-18-16/h2-5,10-11,14H,1,6-9H2,(H,19,20). The molecule has 1 heterocycles.